The summed E-state index contributed by atoms with van der Waals surface area (Å²) < 4.78 is 16.6. The van der Waals surface area contributed by atoms with Crippen molar-refractivity contribution in [1.82, 2.24) is 0 Å². The number of carbonyl (C=O) groups excluding carboxylic acids is 1. The predicted octanol–water partition coefficient (Wildman–Crippen LogP) is 0.490. The molecule has 1 aliphatic heterocycles. The van der Waals surface area contributed by atoms with Crippen molar-refractivity contribution in [2.75, 3.05) is 7.11 Å². The molecule has 0 radical (unpaired) electrons. The molecule has 2 saturated carbocycles. The van der Waals surface area contributed by atoms with E-state index < -0.39 is 35.7 Å². The molecule has 114 valence electrons. The molecule has 0 aromatic heterocycles. The summed E-state index contributed by atoms with van der Waals surface area (Å²) >= 11 is 0. The summed E-state index contributed by atoms with van der Waals surface area (Å²) in [6.45, 7) is 0. The normalized spacial score (nSPS) is 43.2. The standard InChI is InChI=1S/C14H22O6/c1-18-12(16)13(17)7-9(15)11-10(8-13)19-14(20-11)5-3-2-4-6-14/h9-11,15,17H,2-8H2,1H3/t9-,10-,11+,13?/m1/s1. The molecule has 0 aromatic carbocycles. The van der Waals surface area contributed by atoms with Crippen molar-refractivity contribution in [3.8, 4) is 0 Å². The van der Waals surface area contributed by atoms with Crippen LogP contribution in [0.1, 0.15) is 44.9 Å². The third-order valence-corrected chi connectivity index (χ3v) is 4.73. The molecule has 6 nitrogen and oxygen atoms in total. The maximum absolute atomic E-state index is 11.7. The number of carbonyl (C=O) groups is 1. The van der Waals surface area contributed by atoms with Gasteiger partial charge in [0.05, 0.1) is 19.3 Å². The molecule has 0 bridgehead atoms. The average molecular weight is 286 g/mol. The van der Waals surface area contributed by atoms with Gasteiger partial charge in [0.1, 0.15) is 6.10 Å². The first-order valence-corrected chi connectivity index (χ1v) is 7.33. The Morgan fingerprint density at radius 3 is 2.55 bits per heavy atom. The second-order valence-electron chi connectivity index (χ2n) is 6.21. The molecule has 20 heavy (non-hydrogen) atoms. The van der Waals surface area contributed by atoms with Crippen LogP contribution in [-0.4, -0.2) is 53.0 Å². The fraction of sp³-hybridized carbons (Fsp3) is 0.929. The minimum Gasteiger partial charge on any atom is -0.467 e. The molecule has 1 spiro atoms. The molecule has 2 N–H and O–H groups in total. The number of fused-ring (bicyclic) bond motifs is 1. The number of rotatable bonds is 1. The molecular weight excluding hydrogens is 264 g/mol. The summed E-state index contributed by atoms with van der Waals surface area (Å²) in [4.78, 5) is 11.7. The van der Waals surface area contributed by atoms with Gasteiger partial charge in [0.25, 0.3) is 0 Å². The third-order valence-electron chi connectivity index (χ3n) is 4.73. The van der Waals surface area contributed by atoms with E-state index in [4.69, 9.17) is 9.47 Å². The summed E-state index contributed by atoms with van der Waals surface area (Å²) in [5.41, 5.74) is -1.68. The summed E-state index contributed by atoms with van der Waals surface area (Å²) in [6, 6.07) is 0. The molecule has 0 amide bonds. The van der Waals surface area contributed by atoms with Gasteiger partial charge in [-0.15, -0.1) is 0 Å². The zero-order valence-electron chi connectivity index (χ0n) is 11.7. The van der Waals surface area contributed by atoms with Crippen LogP contribution in [0.5, 0.6) is 0 Å². The lowest BCUT2D eigenvalue weighted by Crippen LogP contribution is -2.55. The van der Waals surface area contributed by atoms with Gasteiger partial charge >= 0.3 is 5.97 Å². The molecular formula is C14H22O6. The molecule has 4 atom stereocenters. The summed E-state index contributed by atoms with van der Waals surface area (Å²) in [6.07, 6.45) is 3.07. The second-order valence-corrected chi connectivity index (χ2v) is 6.21. The topological polar surface area (TPSA) is 85.2 Å². The van der Waals surface area contributed by atoms with Crippen molar-refractivity contribution >= 4 is 5.97 Å². The number of aliphatic hydroxyl groups is 2. The zero-order valence-corrected chi connectivity index (χ0v) is 11.7. The van der Waals surface area contributed by atoms with Crippen molar-refractivity contribution in [2.24, 2.45) is 0 Å². The number of aliphatic hydroxyl groups excluding tert-OH is 1. The van der Waals surface area contributed by atoms with E-state index in [1.54, 1.807) is 0 Å². The first kappa shape index (κ1) is 14.3. The smallest absolute Gasteiger partial charge is 0.338 e. The SMILES string of the molecule is COC(=O)C1(O)C[C@@H](O)[C@@H]2OC3(CCCCC3)O[C@@H]2C1. The second kappa shape index (κ2) is 4.94. The van der Waals surface area contributed by atoms with Crippen LogP contribution in [0, 0.1) is 0 Å². The van der Waals surface area contributed by atoms with E-state index in [1.807, 2.05) is 0 Å². The van der Waals surface area contributed by atoms with Crippen LogP contribution in [0.15, 0.2) is 0 Å². The third kappa shape index (κ3) is 2.24. The Balaban J connectivity index is 1.77. The molecule has 1 saturated heterocycles. The Labute approximate surface area is 118 Å². The number of ether oxygens (including phenoxy) is 3. The number of esters is 1. The Hall–Kier alpha value is -0.690. The van der Waals surface area contributed by atoms with E-state index >= 15 is 0 Å². The minimum atomic E-state index is -1.68. The number of hydrogen-bond acceptors (Lipinski definition) is 6. The molecule has 1 heterocycles. The van der Waals surface area contributed by atoms with E-state index in [-0.39, 0.29) is 12.8 Å². The van der Waals surface area contributed by atoms with Crippen LogP contribution in [0.2, 0.25) is 0 Å². The van der Waals surface area contributed by atoms with Gasteiger partial charge < -0.3 is 24.4 Å². The van der Waals surface area contributed by atoms with Crippen LogP contribution in [0.3, 0.4) is 0 Å². The van der Waals surface area contributed by atoms with E-state index in [0.717, 1.165) is 25.7 Å². The molecule has 1 unspecified atom stereocenters. The van der Waals surface area contributed by atoms with Gasteiger partial charge in [-0.3, -0.25) is 0 Å². The highest BCUT2D eigenvalue weighted by molar-refractivity contribution is 5.79. The zero-order chi connectivity index (χ0) is 14.4. The van der Waals surface area contributed by atoms with Gasteiger partial charge in [0, 0.05) is 25.7 Å². The molecule has 3 fully saturated rings. The lowest BCUT2D eigenvalue weighted by Gasteiger charge is -2.37. The Morgan fingerprint density at radius 2 is 1.90 bits per heavy atom. The first-order valence-electron chi connectivity index (χ1n) is 7.33. The van der Waals surface area contributed by atoms with Crippen LogP contribution in [0.25, 0.3) is 0 Å². The molecule has 6 heteroatoms. The maximum Gasteiger partial charge on any atom is 0.338 e. The van der Waals surface area contributed by atoms with E-state index in [9.17, 15) is 15.0 Å². The van der Waals surface area contributed by atoms with Crippen molar-refractivity contribution in [1.29, 1.82) is 0 Å². The summed E-state index contributed by atoms with van der Waals surface area (Å²) in [5, 5.41) is 20.6. The Bertz CT molecular complexity index is 391. The molecule has 2 aliphatic carbocycles. The average Bonchev–Trinajstić information content (AvgIpc) is 2.76. The van der Waals surface area contributed by atoms with Crippen LogP contribution >= 0.6 is 0 Å². The Morgan fingerprint density at radius 1 is 1.20 bits per heavy atom. The largest absolute Gasteiger partial charge is 0.467 e. The lowest BCUT2D eigenvalue weighted by molar-refractivity contribution is -0.198. The van der Waals surface area contributed by atoms with Crippen LogP contribution in [-0.2, 0) is 19.0 Å². The van der Waals surface area contributed by atoms with Crippen molar-refractivity contribution in [2.45, 2.75) is 74.6 Å². The minimum absolute atomic E-state index is 0.0692. The maximum atomic E-state index is 11.7. The first-order chi connectivity index (χ1) is 9.48. The van der Waals surface area contributed by atoms with Gasteiger partial charge in [0.15, 0.2) is 11.4 Å². The fourth-order valence-corrected chi connectivity index (χ4v) is 3.74. The van der Waals surface area contributed by atoms with Crippen molar-refractivity contribution < 1.29 is 29.2 Å². The molecule has 0 aromatic rings. The summed E-state index contributed by atoms with van der Waals surface area (Å²) in [5.74, 6) is -1.35. The van der Waals surface area contributed by atoms with Gasteiger partial charge in [-0.25, -0.2) is 4.79 Å². The monoisotopic (exact) mass is 286 g/mol. The van der Waals surface area contributed by atoms with E-state index in [0.29, 0.717) is 0 Å². The lowest BCUT2D eigenvalue weighted by atomic mass is 9.80. The predicted molar refractivity (Wildman–Crippen MR) is 67.8 cm³/mol. The molecule has 3 rings (SSSR count). The van der Waals surface area contributed by atoms with Crippen LogP contribution in [0.4, 0.5) is 0 Å². The van der Waals surface area contributed by atoms with Gasteiger partial charge in [-0.05, 0) is 12.8 Å². The summed E-state index contributed by atoms with van der Waals surface area (Å²) in [7, 11) is 1.23. The highest BCUT2D eigenvalue weighted by atomic mass is 16.8. The van der Waals surface area contributed by atoms with Crippen molar-refractivity contribution in [3.05, 3.63) is 0 Å². The highest BCUT2D eigenvalue weighted by Crippen LogP contribution is 2.46. The van der Waals surface area contributed by atoms with Gasteiger partial charge in [-0.2, -0.15) is 0 Å². The molecule has 3 aliphatic rings. The van der Waals surface area contributed by atoms with E-state index in [1.165, 1.54) is 13.5 Å². The van der Waals surface area contributed by atoms with Crippen LogP contribution < -0.4 is 0 Å². The van der Waals surface area contributed by atoms with Gasteiger partial charge in [-0.1, -0.05) is 6.42 Å². The van der Waals surface area contributed by atoms with Crippen molar-refractivity contribution in [3.63, 3.8) is 0 Å². The van der Waals surface area contributed by atoms with Gasteiger partial charge in [0.2, 0.25) is 0 Å². The fourth-order valence-electron chi connectivity index (χ4n) is 3.74. The number of hydrogen-bond donors (Lipinski definition) is 2. The van der Waals surface area contributed by atoms with E-state index in [2.05, 4.69) is 4.74 Å². The Kier molecular flexibility index (Phi) is 3.52. The quantitative estimate of drug-likeness (QED) is 0.682. The highest BCUT2D eigenvalue weighted by Gasteiger charge is 2.58. The number of methoxy groups -OCH3 is 1.